The monoisotopic (exact) mass is 228 g/mol. The highest BCUT2D eigenvalue weighted by Gasteiger charge is 2.50. The van der Waals surface area contributed by atoms with Crippen molar-refractivity contribution in [2.24, 2.45) is 5.92 Å². The normalized spacial score (nSPS) is 23.1. The minimum absolute atomic E-state index is 0.165. The maximum absolute atomic E-state index is 11.7. The summed E-state index contributed by atoms with van der Waals surface area (Å²) < 4.78 is 9.66. The lowest BCUT2D eigenvalue weighted by atomic mass is 9.85. The van der Waals surface area contributed by atoms with Gasteiger partial charge in [-0.2, -0.15) is 0 Å². The van der Waals surface area contributed by atoms with E-state index in [1.54, 1.807) is 20.8 Å². The van der Waals surface area contributed by atoms with Crippen molar-refractivity contribution in [2.45, 2.75) is 32.5 Å². The molecule has 0 aromatic heterocycles. The first-order valence-corrected chi connectivity index (χ1v) is 5.21. The number of ether oxygens (including phenoxy) is 2. The van der Waals surface area contributed by atoms with Crippen molar-refractivity contribution in [3.63, 3.8) is 0 Å². The Bertz CT molecular complexity index is 320. The molecule has 5 nitrogen and oxygen atoms in total. The first kappa shape index (κ1) is 12.7. The molecule has 16 heavy (non-hydrogen) atoms. The van der Waals surface area contributed by atoms with E-state index in [1.807, 2.05) is 0 Å². The quantitative estimate of drug-likeness (QED) is 0.706. The zero-order valence-electron chi connectivity index (χ0n) is 9.60. The van der Waals surface area contributed by atoms with Crippen LogP contribution in [0.2, 0.25) is 0 Å². The molecule has 5 heteroatoms. The van der Waals surface area contributed by atoms with Crippen LogP contribution in [-0.4, -0.2) is 35.4 Å². The van der Waals surface area contributed by atoms with Crippen molar-refractivity contribution in [2.75, 3.05) is 6.61 Å². The Balaban J connectivity index is 2.93. The highest BCUT2D eigenvalue weighted by Crippen LogP contribution is 2.28. The Morgan fingerprint density at radius 2 is 2.31 bits per heavy atom. The van der Waals surface area contributed by atoms with E-state index < -0.39 is 29.6 Å². The van der Waals surface area contributed by atoms with Crippen molar-refractivity contribution in [1.29, 1.82) is 0 Å². The molecule has 0 amide bonds. The first-order valence-electron chi connectivity index (χ1n) is 5.21. The van der Waals surface area contributed by atoms with Gasteiger partial charge in [0.05, 0.1) is 6.61 Å². The lowest BCUT2D eigenvalue weighted by Gasteiger charge is -2.32. The standard InChI is InChI=1S/C11H16O5/c1-4-15-10(13)11(14,7(2)3)8-5-6-9(12)16-8/h5-8,14H,4H2,1-3H3/t8-,11-/m1/s1. The van der Waals surface area contributed by atoms with Crippen LogP contribution in [0, 0.1) is 5.92 Å². The molecular weight excluding hydrogens is 212 g/mol. The van der Waals surface area contributed by atoms with Crippen molar-refractivity contribution in [1.82, 2.24) is 0 Å². The topological polar surface area (TPSA) is 72.8 Å². The van der Waals surface area contributed by atoms with Crippen LogP contribution in [0.4, 0.5) is 0 Å². The zero-order valence-corrected chi connectivity index (χ0v) is 9.60. The van der Waals surface area contributed by atoms with E-state index >= 15 is 0 Å². The second kappa shape index (κ2) is 4.65. The predicted octanol–water partition coefficient (Wildman–Crippen LogP) is 0.418. The molecule has 2 atom stereocenters. The summed E-state index contributed by atoms with van der Waals surface area (Å²) in [4.78, 5) is 22.6. The summed E-state index contributed by atoms with van der Waals surface area (Å²) in [5, 5.41) is 10.3. The van der Waals surface area contributed by atoms with Gasteiger partial charge in [0.2, 0.25) is 5.60 Å². The van der Waals surface area contributed by atoms with Crippen LogP contribution in [0.1, 0.15) is 20.8 Å². The molecule has 1 aliphatic heterocycles. The zero-order chi connectivity index (χ0) is 12.3. The Morgan fingerprint density at radius 1 is 1.69 bits per heavy atom. The molecule has 1 aliphatic rings. The van der Waals surface area contributed by atoms with E-state index in [9.17, 15) is 14.7 Å². The summed E-state index contributed by atoms with van der Waals surface area (Å²) in [7, 11) is 0. The Labute approximate surface area is 94.0 Å². The molecule has 0 saturated carbocycles. The fourth-order valence-corrected chi connectivity index (χ4v) is 1.53. The van der Waals surface area contributed by atoms with Gasteiger partial charge in [0, 0.05) is 6.08 Å². The first-order chi connectivity index (χ1) is 7.42. The summed E-state index contributed by atoms with van der Waals surface area (Å²) >= 11 is 0. The number of aliphatic hydroxyl groups is 1. The maximum Gasteiger partial charge on any atom is 0.342 e. The van der Waals surface area contributed by atoms with E-state index in [2.05, 4.69) is 0 Å². The number of hydrogen-bond acceptors (Lipinski definition) is 5. The smallest absolute Gasteiger partial charge is 0.342 e. The van der Waals surface area contributed by atoms with Crippen LogP contribution < -0.4 is 0 Å². The third-order valence-electron chi connectivity index (χ3n) is 2.57. The van der Waals surface area contributed by atoms with Crippen molar-refractivity contribution >= 4 is 11.9 Å². The molecule has 0 bridgehead atoms. The molecule has 0 aliphatic carbocycles. The van der Waals surface area contributed by atoms with Gasteiger partial charge in [0.1, 0.15) is 0 Å². The Morgan fingerprint density at radius 3 is 2.69 bits per heavy atom. The van der Waals surface area contributed by atoms with Gasteiger partial charge in [0.25, 0.3) is 0 Å². The second-order valence-corrected chi connectivity index (χ2v) is 3.92. The molecule has 0 unspecified atom stereocenters. The van der Waals surface area contributed by atoms with Gasteiger partial charge in [-0.05, 0) is 18.9 Å². The van der Waals surface area contributed by atoms with Crippen molar-refractivity contribution < 1.29 is 24.2 Å². The molecule has 1 rings (SSSR count). The summed E-state index contributed by atoms with van der Waals surface area (Å²) in [5.41, 5.74) is -1.82. The van der Waals surface area contributed by atoms with Crippen LogP contribution >= 0.6 is 0 Å². The molecule has 0 saturated heterocycles. The Hall–Kier alpha value is -1.36. The van der Waals surface area contributed by atoms with E-state index in [4.69, 9.17) is 9.47 Å². The van der Waals surface area contributed by atoms with Crippen LogP contribution in [0.25, 0.3) is 0 Å². The molecule has 0 fully saturated rings. The SMILES string of the molecule is CCOC(=O)[C@@](O)(C(C)C)[C@H]1C=CC(=O)O1. The van der Waals surface area contributed by atoms with Crippen LogP contribution in [0.15, 0.2) is 12.2 Å². The average Bonchev–Trinajstić information content (AvgIpc) is 2.64. The highest BCUT2D eigenvalue weighted by molar-refractivity contribution is 5.88. The summed E-state index contributed by atoms with van der Waals surface area (Å²) in [6.45, 7) is 5.14. The van der Waals surface area contributed by atoms with E-state index in [-0.39, 0.29) is 6.61 Å². The molecule has 1 heterocycles. The van der Waals surface area contributed by atoms with E-state index in [1.165, 1.54) is 12.2 Å². The Kier molecular flexibility index (Phi) is 3.70. The molecule has 1 N–H and O–H groups in total. The third kappa shape index (κ3) is 2.09. The summed E-state index contributed by atoms with van der Waals surface area (Å²) in [6.07, 6.45) is 1.59. The number of carbonyl (C=O) groups excluding carboxylic acids is 2. The second-order valence-electron chi connectivity index (χ2n) is 3.92. The van der Waals surface area contributed by atoms with Crippen LogP contribution in [-0.2, 0) is 19.1 Å². The average molecular weight is 228 g/mol. The number of cyclic esters (lactones) is 1. The molecular formula is C11H16O5. The minimum Gasteiger partial charge on any atom is -0.464 e. The molecule has 90 valence electrons. The molecule has 0 aromatic rings. The van der Waals surface area contributed by atoms with E-state index in [0.717, 1.165) is 0 Å². The lowest BCUT2D eigenvalue weighted by molar-refractivity contribution is -0.186. The van der Waals surface area contributed by atoms with Crippen LogP contribution in [0.5, 0.6) is 0 Å². The summed E-state index contributed by atoms with van der Waals surface area (Å²) in [6, 6.07) is 0. The fraction of sp³-hybridized carbons (Fsp3) is 0.636. The third-order valence-corrected chi connectivity index (χ3v) is 2.57. The molecule has 0 radical (unpaired) electrons. The molecule has 0 aromatic carbocycles. The largest absolute Gasteiger partial charge is 0.464 e. The number of esters is 2. The van der Waals surface area contributed by atoms with E-state index in [0.29, 0.717) is 0 Å². The maximum atomic E-state index is 11.7. The van der Waals surface area contributed by atoms with Gasteiger partial charge < -0.3 is 14.6 Å². The van der Waals surface area contributed by atoms with Gasteiger partial charge in [-0.3, -0.25) is 0 Å². The summed E-state index contributed by atoms with van der Waals surface area (Å²) in [5.74, 6) is -1.75. The molecule has 0 spiro atoms. The van der Waals surface area contributed by atoms with Gasteiger partial charge >= 0.3 is 11.9 Å². The van der Waals surface area contributed by atoms with Gasteiger partial charge in [-0.1, -0.05) is 13.8 Å². The number of carbonyl (C=O) groups is 2. The van der Waals surface area contributed by atoms with Gasteiger partial charge in [0.15, 0.2) is 6.10 Å². The van der Waals surface area contributed by atoms with Gasteiger partial charge in [-0.15, -0.1) is 0 Å². The predicted molar refractivity (Wildman–Crippen MR) is 55.4 cm³/mol. The number of hydrogen-bond donors (Lipinski definition) is 1. The lowest BCUT2D eigenvalue weighted by Crippen LogP contribution is -2.54. The van der Waals surface area contributed by atoms with Crippen LogP contribution in [0.3, 0.4) is 0 Å². The minimum atomic E-state index is -1.82. The van der Waals surface area contributed by atoms with Crippen molar-refractivity contribution in [3.05, 3.63) is 12.2 Å². The fourth-order valence-electron chi connectivity index (χ4n) is 1.53. The van der Waals surface area contributed by atoms with Gasteiger partial charge in [-0.25, -0.2) is 9.59 Å². The number of rotatable bonds is 4. The van der Waals surface area contributed by atoms with Crippen molar-refractivity contribution in [3.8, 4) is 0 Å². The highest BCUT2D eigenvalue weighted by atomic mass is 16.6.